The van der Waals surface area contributed by atoms with Gasteiger partial charge in [0, 0.05) is 6.08 Å². The fourth-order valence-corrected chi connectivity index (χ4v) is 2.64. The molecule has 0 aromatic heterocycles. The van der Waals surface area contributed by atoms with Crippen molar-refractivity contribution in [1.29, 1.82) is 0 Å². The summed E-state index contributed by atoms with van der Waals surface area (Å²) >= 11 is 0. The Morgan fingerprint density at radius 1 is 1.16 bits per heavy atom. The van der Waals surface area contributed by atoms with Crippen LogP contribution < -0.4 is 9.47 Å². The van der Waals surface area contributed by atoms with E-state index in [4.69, 9.17) is 14.6 Å². The highest BCUT2D eigenvalue weighted by atomic mass is 16.6. The quantitative estimate of drug-likeness (QED) is 0.831. The second-order valence-electron chi connectivity index (χ2n) is 4.97. The van der Waals surface area contributed by atoms with Crippen molar-refractivity contribution in [2.75, 3.05) is 0 Å². The number of hydrogen-bond donors (Lipinski definition) is 1. The third-order valence-corrected chi connectivity index (χ3v) is 3.58. The highest BCUT2D eigenvalue weighted by molar-refractivity contribution is 5.85. The Balaban J connectivity index is 1.83. The van der Waals surface area contributed by atoms with Gasteiger partial charge >= 0.3 is 5.97 Å². The van der Waals surface area contributed by atoms with Crippen LogP contribution in [0.1, 0.15) is 31.2 Å². The van der Waals surface area contributed by atoms with Crippen LogP contribution in [-0.2, 0) is 4.79 Å². The van der Waals surface area contributed by atoms with Crippen LogP contribution in [0, 0.1) is 0 Å². The van der Waals surface area contributed by atoms with Crippen molar-refractivity contribution >= 4 is 12.0 Å². The smallest absolute Gasteiger partial charge is 0.328 e. The van der Waals surface area contributed by atoms with E-state index in [1.807, 2.05) is 18.2 Å². The summed E-state index contributed by atoms with van der Waals surface area (Å²) in [4.78, 5) is 10.5. The molecule has 1 fully saturated rings. The van der Waals surface area contributed by atoms with Crippen LogP contribution in [-0.4, -0.2) is 23.3 Å². The Bertz CT molecular complexity index is 521. The standard InChI is InChI=1S/C15H16O4/c16-15(17)8-6-10-5-7-13-14(9-10)19-12-4-2-1-3-11(12)18-13/h5-9,11-12H,1-4H2,(H,16,17)/b8-6+. The van der Waals surface area contributed by atoms with Gasteiger partial charge in [-0.2, -0.15) is 0 Å². The lowest BCUT2D eigenvalue weighted by molar-refractivity contribution is -0.131. The van der Waals surface area contributed by atoms with Gasteiger partial charge < -0.3 is 14.6 Å². The van der Waals surface area contributed by atoms with Gasteiger partial charge in [-0.3, -0.25) is 0 Å². The van der Waals surface area contributed by atoms with E-state index in [-0.39, 0.29) is 12.2 Å². The number of hydrogen-bond acceptors (Lipinski definition) is 3. The van der Waals surface area contributed by atoms with Crippen LogP contribution in [0.3, 0.4) is 0 Å². The summed E-state index contributed by atoms with van der Waals surface area (Å²) in [6, 6.07) is 5.52. The minimum absolute atomic E-state index is 0.139. The minimum atomic E-state index is -0.956. The Hall–Kier alpha value is -1.97. The molecule has 2 aliphatic rings. The maximum atomic E-state index is 10.5. The summed E-state index contributed by atoms with van der Waals surface area (Å²) in [5.41, 5.74) is 0.805. The van der Waals surface area contributed by atoms with Crippen molar-refractivity contribution in [2.45, 2.75) is 37.9 Å². The molecule has 1 aliphatic carbocycles. The molecule has 1 aliphatic heterocycles. The zero-order chi connectivity index (χ0) is 13.2. The van der Waals surface area contributed by atoms with E-state index in [2.05, 4.69) is 0 Å². The Kier molecular flexibility index (Phi) is 3.15. The molecule has 4 heteroatoms. The van der Waals surface area contributed by atoms with Gasteiger partial charge in [-0.1, -0.05) is 6.07 Å². The van der Waals surface area contributed by atoms with Crippen LogP contribution in [0.15, 0.2) is 24.3 Å². The van der Waals surface area contributed by atoms with Crippen molar-refractivity contribution < 1.29 is 19.4 Å². The number of benzene rings is 1. The molecule has 1 aromatic rings. The van der Waals surface area contributed by atoms with Gasteiger partial charge in [0.1, 0.15) is 12.2 Å². The maximum absolute atomic E-state index is 10.5. The highest BCUT2D eigenvalue weighted by Gasteiger charge is 2.33. The molecule has 1 aromatic carbocycles. The number of carboxylic acids is 1. The number of aliphatic carboxylic acids is 1. The first-order chi connectivity index (χ1) is 9.22. The van der Waals surface area contributed by atoms with Gasteiger partial charge in [0.2, 0.25) is 0 Å². The van der Waals surface area contributed by atoms with E-state index >= 15 is 0 Å². The molecule has 3 rings (SSSR count). The largest absolute Gasteiger partial charge is 0.483 e. The summed E-state index contributed by atoms with van der Waals surface area (Å²) in [7, 11) is 0. The third-order valence-electron chi connectivity index (χ3n) is 3.58. The van der Waals surface area contributed by atoms with E-state index in [0.29, 0.717) is 0 Å². The predicted octanol–water partition coefficient (Wildman–Crippen LogP) is 2.87. The average Bonchev–Trinajstić information content (AvgIpc) is 2.42. The lowest BCUT2D eigenvalue weighted by Crippen LogP contribution is -2.41. The normalized spacial score (nSPS) is 25.1. The third kappa shape index (κ3) is 2.57. The van der Waals surface area contributed by atoms with Crippen LogP contribution in [0.25, 0.3) is 6.08 Å². The van der Waals surface area contributed by atoms with E-state index in [1.54, 1.807) is 6.08 Å². The number of ether oxygens (including phenoxy) is 2. The molecular formula is C15H16O4. The molecule has 0 spiro atoms. The molecule has 0 saturated heterocycles. The summed E-state index contributed by atoms with van der Waals surface area (Å²) in [5, 5.41) is 8.62. The molecule has 1 heterocycles. The van der Waals surface area contributed by atoms with Crippen molar-refractivity contribution in [1.82, 2.24) is 0 Å². The van der Waals surface area contributed by atoms with Gasteiger partial charge in [0.25, 0.3) is 0 Å². The molecule has 0 bridgehead atoms. The van der Waals surface area contributed by atoms with E-state index in [0.717, 1.165) is 36.0 Å². The van der Waals surface area contributed by atoms with Crippen LogP contribution >= 0.6 is 0 Å². The first-order valence-electron chi connectivity index (χ1n) is 6.61. The van der Waals surface area contributed by atoms with Crippen molar-refractivity contribution in [3.8, 4) is 11.5 Å². The first-order valence-corrected chi connectivity index (χ1v) is 6.61. The zero-order valence-corrected chi connectivity index (χ0v) is 10.5. The number of rotatable bonds is 2. The summed E-state index contributed by atoms with van der Waals surface area (Å²) in [6.07, 6.45) is 7.43. The zero-order valence-electron chi connectivity index (χ0n) is 10.5. The minimum Gasteiger partial charge on any atom is -0.483 e. The second kappa shape index (κ2) is 4.96. The fourth-order valence-electron chi connectivity index (χ4n) is 2.64. The molecule has 0 amide bonds. The van der Waals surface area contributed by atoms with Gasteiger partial charge in [-0.05, 0) is 49.5 Å². The molecule has 100 valence electrons. The molecule has 2 unspecified atom stereocenters. The molecule has 1 saturated carbocycles. The van der Waals surface area contributed by atoms with Gasteiger partial charge in [-0.15, -0.1) is 0 Å². The lowest BCUT2D eigenvalue weighted by Gasteiger charge is -2.37. The van der Waals surface area contributed by atoms with Crippen molar-refractivity contribution in [3.05, 3.63) is 29.8 Å². The monoisotopic (exact) mass is 260 g/mol. The summed E-state index contributed by atoms with van der Waals surface area (Å²) in [6.45, 7) is 0. The van der Waals surface area contributed by atoms with Gasteiger partial charge in [0.15, 0.2) is 11.5 Å². The Morgan fingerprint density at radius 2 is 1.84 bits per heavy atom. The molecule has 4 nitrogen and oxygen atoms in total. The fraction of sp³-hybridized carbons (Fsp3) is 0.400. The van der Waals surface area contributed by atoms with Crippen molar-refractivity contribution in [3.63, 3.8) is 0 Å². The average molecular weight is 260 g/mol. The number of carboxylic acid groups (broad SMARTS) is 1. The highest BCUT2D eigenvalue weighted by Crippen LogP contribution is 2.39. The first kappa shape index (κ1) is 12.1. The molecule has 0 radical (unpaired) electrons. The lowest BCUT2D eigenvalue weighted by atomic mass is 9.93. The molecule has 19 heavy (non-hydrogen) atoms. The van der Waals surface area contributed by atoms with Crippen molar-refractivity contribution in [2.24, 2.45) is 0 Å². The number of fused-ring (bicyclic) bond motifs is 2. The number of carbonyl (C=O) groups is 1. The Morgan fingerprint density at radius 3 is 2.53 bits per heavy atom. The molecular weight excluding hydrogens is 244 g/mol. The van der Waals surface area contributed by atoms with Crippen LogP contribution in [0.2, 0.25) is 0 Å². The summed E-state index contributed by atoms with van der Waals surface area (Å²) in [5.74, 6) is 0.522. The second-order valence-corrected chi connectivity index (χ2v) is 4.97. The van der Waals surface area contributed by atoms with Crippen LogP contribution in [0.4, 0.5) is 0 Å². The van der Waals surface area contributed by atoms with Crippen LogP contribution in [0.5, 0.6) is 11.5 Å². The SMILES string of the molecule is O=C(O)/C=C/c1ccc2c(c1)OC1CCCCC1O2. The molecule has 2 atom stereocenters. The molecule has 1 N–H and O–H groups in total. The Labute approximate surface area is 111 Å². The van der Waals surface area contributed by atoms with Gasteiger partial charge in [-0.25, -0.2) is 4.79 Å². The van der Waals surface area contributed by atoms with E-state index in [9.17, 15) is 4.79 Å². The predicted molar refractivity (Wildman–Crippen MR) is 70.4 cm³/mol. The summed E-state index contributed by atoms with van der Waals surface area (Å²) < 4.78 is 11.9. The van der Waals surface area contributed by atoms with E-state index < -0.39 is 5.97 Å². The van der Waals surface area contributed by atoms with Gasteiger partial charge in [0.05, 0.1) is 0 Å². The van der Waals surface area contributed by atoms with E-state index in [1.165, 1.54) is 12.8 Å². The maximum Gasteiger partial charge on any atom is 0.328 e. The topological polar surface area (TPSA) is 55.8 Å².